The maximum absolute atomic E-state index is 13.8. The van der Waals surface area contributed by atoms with Crippen LogP contribution in [0, 0.1) is 5.82 Å². The summed E-state index contributed by atoms with van der Waals surface area (Å²) in [6, 6.07) is 9.50. The van der Waals surface area contributed by atoms with Gasteiger partial charge in [-0.2, -0.15) is 13.2 Å². The van der Waals surface area contributed by atoms with Gasteiger partial charge in [-0.15, -0.1) is 0 Å². The van der Waals surface area contributed by atoms with E-state index in [0.29, 0.717) is 26.7 Å². The van der Waals surface area contributed by atoms with E-state index < -0.39 is 90.3 Å². The summed E-state index contributed by atoms with van der Waals surface area (Å²) in [6.07, 6.45) is -5.90. The minimum absolute atomic E-state index is 0.00672. The van der Waals surface area contributed by atoms with Crippen LogP contribution in [0.5, 0.6) is 0 Å². The summed E-state index contributed by atoms with van der Waals surface area (Å²) < 4.78 is 60.3. The van der Waals surface area contributed by atoms with Crippen molar-refractivity contribution in [3.8, 4) is 0 Å². The molecule has 0 radical (unpaired) electrons. The van der Waals surface area contributed by atoms with Crippen molar-refractivity contribution in [1.29, 1.82) is 0 Å². The van der Waals surface area contributed by atoms with Crippen molar-refractivity contribution in [2.24, 2.45) is 0 Å². The Hall–Kier alpha value is -6.86. The molecule has 3 aromatic rings. The molecule has 308 valence electrons. The Morgan fingerprint density at radius 3 is 2.44 bits per heavy atom. The predicted octanol–water partition coefficient (Wildman–Crippen LogP) is 3.56. The quantitative estimate of drug-likeness (QED) is 0.126. The number of hydrogen-bond acceptors (Lipinski definition) is 10. The molecule has 1 aliphatic carbocycles. The van der Waals surface area contributed by atoms with Gasteiger partial charge in [-0.05, 0) is 67.3 Å². The average molecular weight is 822 g/mol. The molecule has 0 aromatic heterocycles. The minimum Gasteiger partial charge on any atom is -0.427 e. The number of halogens is 4. The van der Waals surface area contributed by atoms with Gasteiger partial charge in [0.25, 0.3) is 17.7 Å². The zero-order chi connectivity index (χ0) is 42.4. The van der Waals surface area contributed by atoms with Crippen LogP contribution in [0.2, 0.25) is 0 Å². The highest BCUT2D eigenvalue weighted by molar-refractivity contribution is 6.25. The van der Waals surface area contributed by atoms with E-state index in [1.807, 2.05) is 0 Å². The molecule has 3 atom stereocenters. The van der Waals surface area contributed by atoms with Gasteiger partial charge in [-0.3, -0.25) is 39.0 Å². The number of rotatable bonds is 11. The summed E-state index contributed by atoms with van der Waals surface area (Å²) in [5.41, 5.74) is -0.0687. The summed E-state index contributed by atoms with van der Waals surface area (Å²) in [7, 11) is 0. The van der Waals surface area contributed by atoms with Crippen molar-refractivity contribution in [2.45, 2.75) is 63.0 Å². The van der Waals surface area contributed by atoms with E-state index >= 15 is 0 Å². The van der Waals surface area contributed by atoms with Gasteiger partial charge in [0.1, 0.15) is 24.4 Å². The molecule has 20 heteroatoms. The van der Waals surface area contributed by atoms with E-state index in [0.717, 1.165) is 24.0 Å². The van der Waals surface area contributed by atoms with Crippen LogP contribution >= 0.6 is 0 Å². The van der Waals surface area contributed by atoms with Crippen LogP contribution in [0.1, 0.15) is 63.6 Å². The number of aryl methyl sites for hydroxylation is 1. The highest BCUT2D eigenvalue weighted by Gasteiger charge is 2.59. The molecule has 2 fully saturated rings. The van der Waals surface area contributed by atoms with Crippen LogP contribution in [-0.2, 0) is 42.5 Å². The molecule has 9 amide bonds. The number of alkyl halides is 3. The number of carbonyl (C=O) groups is 8. The Bertz CT molecular complexity index is 2300. The smallest absolute Gasteiger partial charge is 0.418 e. The lowest BCUT2D eigenvalue weighted by Crippen LogP contribution is -2.54. The number of amides is 9. The van der Waals surface area contributed by atoms with Gasteiger partial charge >= 0.3 is 18.3 Å². The molecule has 0 saturated carbocycles. The lowest BCUT2D eigenvalue weighted by Gasteiger charge is -2.31. The average Bonchev–Trinajstić information content (AvgIpc) is 3.76. The number of hydrogen-bond donors (Lipinski definition) is 4. The first-order valence-electron chi connectivity index (χ1n) is 18.4. The molecule has 4 aliphatic rings. The molecule has 4 N–H and O–H groups in total. The maximum atomic E-state index is 13.8. The highest BCUT2D eigenvalue weighted by Crippen LogP contribution is 2.46. The molecular formula is C39H35F4N7O9. The summed E-state index contributed by atoms with van der Waals surface area (Å²) in [5.74, 6) is -5.32. The summed E-state index contributed by atoms with van der Waals surface area (Å²) in [6.45, 7) is -0.692. The van der Waals surface area contributed by atoms with Crippen LogP contribution in [-0.4, -0.2) is 100 Å². The van der Waals surface area contributed by atoms with Crippen LogP contribution in [0.25, 0.3) is 0 Å². The third kappa shape index (κ3) is 7.64. The van der Waals surface area contributed by atoms with Gasteiger partial charge in [0.05, 0.1) is 11.1 Å². The van der Waals surface area contributed by atoms with Crippen molar-refractivity contribution in [2.75, 3.05) is 30.3 Å². The number of anilines is 2. The summed E-state index contributed by atoms with van der Waals surface area (Å²) >= 11 is 0. The van der Waals surface area contributed by atoms with Crippen molar-refractivity contribution in [3.63, 3.8) is 0 Å². The number of urea groups is 1. The van der Waals surface area contributed by atoms with Crippen LogP contribution in [0.3, 0.4) is 0 Å². The standard InChI is InChI=1S/C39H35F4N7O9/c1-20(39(41,42)43)48(18-21-5-7-23(40)8-6-21)30(52)19-49-35(56)38(59-37(49)58)14-13-22-17-24(9-10-26(22)38)46-36(57)45-16-15-44-27-4-2-3-25-31(27)34(55)50(33(25)54)28-11-12-29(51)47-32(28)53/h2-10,17,20,28,44H,11-16,18-19H2,1H3,(H2,45,46,57)(H,47,51,53)/t20-,28?,38+/m0/s1. The van der Waals surface area contributed by atoms with Gasteiger partial charge in [0, 0.05) is 49.4 Å². The van der Waals surface area contributed by atoms with Gasteiger partial charge in [-0.25, -0.2) is 18.9 Å². The second kappa shape index (κ2) is 15.5. The third-order valence-electron chi connectivity index (χ3n) is 10.6. The van der Waals surface area contributed by atoms with Crippen molar-refractivity contribution >= 4 is 58.9 Å². The fourth-order valence-corrected chi connectivity index (χ4v) is 7.57. The number of fused-ring (bicyclic) bond motifs is 3. The second-order valence-corrected chi connectivity index (χ2v) is 14.3. The van der Waals surface area contributed by atoms with Gasteiger partial charge < -0.3 is 25.6 Å². The number of piperidine rings is 1. The highest BCUT2D eigenvalue weighted by atomic mass is 19.4. The molecule has 16 nitrogen and oxygen atoms in total. The Balaban J connectivity index is 0.948. The number of ether oxygens (including phenoxy) is 1. The van der Waals surface area contributed by atoms with E-state index in [-0.39, 0.29) is 61.0 Å². The van der Waals surface area contributed by atoms with E-state index in [1.165, 1.54) is 30.3 Å². The first kappa shape index (κ1) is 40.3. The fraction of sp³-hybridized carbons (Fsp3) is 0.333. The SMILES string of the molecule is C[C@H](N(Cc1ccc(F)cc1)C(=O)CN1C(=O)O[C@@]2(CCc3cc(NC(=O)NCCNc4cccc5c4C(=O)N(C4CCC(=O)NC4=O)C5=O)ccc32)C1=O)C(F)(F)F. The number of imide groups is 3. The lowest BCUT2D eigenvalue weighted by molar-refractivity contribution is -0.187. The molecular weight excluding hydrogens is 786 g/mol. The number of nitrogens with one attached hydrogen (secondary N) is 4. The number of carbonyl (C=O) groups excluding carboxylic acids is 8. The van der Waals surface area contributed by atoms with Crippen molar-refractivity contribution in [1.82, 2.24) is 25.3 Å². The Morgan fingerprint density at radius 2 is 1.73 bits per heavy atom. The molecule has 1 spiro atoms. The molecule has 7 rings (SSSR count). The second-order valence-electron chi connectivity index (χ2n) is 14.3. The van der Waals surface area contributed by atoms with Crippen molar-refractivity contribution < 1.29 is 60.7 Å². The van der Waals surface area contributed by atoms with E-state index in [4.69, 9.17) is 4.74 Å². The Labute approximate surface area is 332 Å². The zero-order valence-corrected chi connectivity index (χ0v) is 31.1. The molecule has 59 heavy (non-hydrogen) atoms. The monoisotopic (exact) mass is 821 g/mol. The third-order valence-corrected chi connectivity index (χ3v) is 10.6. The van der Waals surface area contributed by atoms with E-state index in [2.05, 4.69) is 21.3 Å². The Morgan fingerprint density at radius 1 is 0.983 bits per heavy atom. The summed E-state index contributed by atoms with van der Waals surface area (Å²) in [4.78, 5) is 105. The van der Waals surface area contributed by atoms with E-state index in [9.17, 15) is 55.9 Å². The minimum atomic E-state index is -4.85. The largest absolute Gasteiger partial charge is 0.427 e. The van der Waals surface area contributed by atoms with Crippen LogP contribution in [0.15, 0.2) is 60.7 Å². The van der Waals surface area contributed by atoms with Crippen LogP contribution < -0.4 is 21.3 Å². The summed E-state index contributed by atoms with van der Waals surface area (Å²) in [5, 5.41) is 10.5. The van der Waals surface area contributed by atoms with E-state index in [1.54, 1.807) is 18.2 Å². The molecule has 1 unspecified atom stereocenters. The first-order valence-corrected chi connectivity index (χ1v) is 18.4. The molecule has 3 aromatic carbocycles. The maximum Gasteiger partial charge on any atom is 0.418 e. The van der Waals surface area contributed by atoms with Gasteiger partial charge in [0.15, 0.2) is 0 Å². The first-order chi connectivity index (χ1) is 28.0. The predicted molar refractivity (Wildman–Crippen MR) is 196 cm³/mol. The topological polar surface area (TPSA) is 204 Å². The van der Waals surface area contributed by atoms with Crippen molar-refractivity contribution in [3.05, 3.63) is 94.3 Å². The molecule has 3 heterocycles. The Kier molecular flexibility index (Phi) is 10.6. The van der Waals surface area contributed by atoms with Crippen LogP contribution in [0.4, 0.5) is 38.5 Å². The molecule has 0 bridgehead atoms. The van der Waals surface area contributed by atoms with Gasteiger partial charge in [0.2, 0.25) is 23.3 Å². The molecule has 2 saturated heterocycles. The normalized spacial score (nSPS) is 20.3. The fourth-order valence-electron chi connectivity index (χ4n) is 7.57. The lowest BCUT2D eigenvalue weighted by atomic mass is 9.94. The number of nitrogens with zero attached hydrogens (tertiary/aromatic N) is 3. The zero-order valence-electron chi connectivity index (χ0n) is 31.1. The molecule has 3 aliphatic heterocycles. The number of benzene rings is 3. The van der Waals surface area contributed by atoms with Gasteiger partial charge in [-0.1, -0.05) is 24.3 Å².